The van der Waals surface area contributed by atoms with Crippen molar-refractivity contribution in [3.63, 3.8) is 0 Å². The van der Waals surface area contributed by atoms with Crippen LogP contribution in [0.4, 0.5) is 0 Å². The van der Waals surface area contributed by atoms with Crippen molar-refractivity contribution in [3.8, 4) is 45.5 Å². The average molecular weight is 693 g/mol. The molecule has 260 valence electrons. The summed E-state index contributed by atoms with van der Waals surface area (Å²) < 4.78 is 15.9. The number of ether oxygens (including phenoxy) is 2. The van der Waals surface area contributed by atoms with E-state index in [-0.39, 0.29) is 11.1 Å². The molecule has 2 aromatic carbocycles. The molecule has 0 saturated carbocycles. The molecule has 0 fully saturated rings. The molecule has 0 saturated heterocycles. The first kappa shape index (κ1) is 33.7. The van der Waals surface area contributed by atoms with Crippen molar-refractivity contribution < 1.29 is 9.47 Å². The minimum absolute atomic E-state index is 0.172. The summed E-state index contributed by atoms with van der Waals surface area (Å²) in [7, 11) is 0. The standard InChI is InChI=1S/2C20H18N4O2/c2*1-12-11-15(26-20-17-5-4-9-24(17)10-8-21-20)6-7-16(12)18-13(2)19(25)23-22-14(18)3/h2*4-11H,1-3H3,(H,23,25). The maximum absolute atomic E-state index is 11.9. The minimum Gasteiger partial charge on any atom is -0.437 e. The summed E-state index contributed by atoms with van der Waals surface area (Å²) in [5, 5.41) is 13.2. The van der Waals surface area contributed by atoms with Crippen LogP contribution in [-0.4, -0.2) is 39.2 Å². The van der Waals surface area contributed by atoms with Gasteiger partial charge in [-0.1, -0.05) is 12.1 Å². The van der Waals surface area contributed by atoms with E-state index in [0.29, 0.717) is 34.4 Å². The number of aryl methyl sites for hydroxylation is 4. The van der Waals surface area contributed by atoms with Crippen LogP contribution in [0.2, 0.25) is 0 Å². The van der Waals surface area contributed by atoms with E-state index in [1.165, 1.54) is 0 Å². The lowest BCUT2D eigenvalue weighted by molar-refractivity contribution is 0.465. The van der Waals surface area contributed by atoms with Crippen molar-refractivity contribution in [1.82, 2.24) is 39.2 Å². The van der Waals surface area contributed by atoms with Crippen molar-refractivity contribution in [1.29, 1.82) is 0 Å². The van der Waals surface area contributed by atoms with E-state index in [1.807, 2.05) is 136 Å². The third-order valence-electron chi connectivity index (χ3n) is 9.00. The van der Waals surface area contributed by atoms with Crippen LogP contribution in [0.1, 0.15) is 33.6 Å². The van der Waals surface area contributed by atoms with Crippen molar-refractivity contribution in [2.24, 2.45) is 0 Å². The van der Waals surface area contributed by atoms with Gasteiger partial charge in [-0.2, -0.15) is 10.2 Å². The van der Waals surface area contributed by atoms with Crippen LogP contribution >= 0.6 is 0 Å². The Hall–Kier alpha value is -6.82. The number of aromatic nitrogens is 8. The van der Waals surface area contributed by atoms with Crippen LogP contribution < -0.4 is 20.6 Å². The highest BCUT2D eigenvalue weighted by molar-refractivity contribution is 5.74. The van der Waals surface area contributed by atoms with Crippen LogP contribution in [0.3, 0.4) is 0 Å². The molecule has 12 heteroatoms. The minimum atomic E-state index is -0.172. The van der Waals surface area contributed by atoms with E-state index >= 15 is 0 Å². The molecule has 0 aliphatic heterocycles. The first-order valence-electron chi connectivity index (χ1n) is 16.6. The van der Waals surface area contributed by atoms with Crippen molar-refractivity contribution in [3.05, 3.63) is 152 Å². The van der Waals surface area contributed by atoms with Gasteiger partial charge in [0.05, 0.1) is 11.4 Å². The first-order valence-corrected chi connectivity index (χ1v) is 16.6. The van der Waals surface area contributed by atoms with Gasteiger partial charge in [0.2, 0.25) is 11.8 Å². The Labute approximate surface area is 298 Å². The molecule has 0 unspecified atom stereocenters. The number of nitrogens with zero attached hydrogens (tertiary/aromatic N) is 6. The number of rotatable bonds is 6. The average Bonchev–Trinajstić information content (AvgIpc) is 3.82. The lowest BCUT2D eigenvalue weighted by Gasteiger charge is -2.13. The fraction of sp³-hybridized carbons (Fsp3) is 0.150. The van der Waals surface area contributed by atoms with E-state index in [2.05, 4.69) is 30.4 Å². The fourth-order valence-electron chi connectivity index (χ4n) is 6.34. The van der Waals surface area contributed by atoms with E-state index in [0.717, 1.165) is 55.8 Å². The largest absolute Gasteiger partial charge is 0.437 e. The first-order chi connectivity index (χ1) is 25.1. The van der Waals surface area contributed by atoms with Gasteiger partial charge in [-0.05, 0) is 112 Å². The predicted molar refractivity (Wildman–Crippen MR) is 200 cm³/mol. The van der Waals surface area contributed by atoms with Crippen LogP contribution in [0.5, 0.6) is 23.3 Å². The van der Waals surface area contributed by atoms with Gasteiger partial charge in [0, 0.05) is 59.4 Å². The molecule has 0 atom stereocenters. The Kier molecular flexibility index (Phi) is 8.95. The second-order valence-electron chi connectivity index (χ2n) is 12.5. The summed E-state index contributed by atoms with van der Waals surface area (Å²) in [6, 6.07) is 19.4. The van der Waals surface area contributed by atoms with E-state index in [9.17, 15) is 9.59 Å². The van der Waals surface area contributed by atoms with Gasteiger partial charge in [-0.3, -0.25) is 9.59 Å². The number of H-pyrrole nitrogens is 2. The van der Waals surface area contributed by atoms with Gasteiger partial charge in [0.15, 0.2) is 0 Å². The molecule has 0 aliphatic rings. The molecule has 0 radical (unpaired) electrons. The van der Waals surface area contributed by atoms with Gasteiger partial charge < -0.3 is 18.3 Å². The molecule has 2 N–H and O–H groups in total. The summed E-state index contributed by atoms with van der Waals surface area (Å²) in [5.74, 6) is 2.49. The summed E-state index contributed by atoms with van der Waals surface area (Å²) in [5.41, 5.74) is 10.0. The zero-order valence-electron chi connectivity index (χ0n) is 29.6. The van der Waals surface area contributed by atoms with E-state index in [1.54, 1.807) is 12.4 Å². The quantitative estimate of drug-likeness (QED) is 0.181. The van der Waals surface area contributed by atoms with Crippen molar-refractivity contribution in [2.75, 3.05) is 0 Å². The molecule has 6 heterocycles. The molecule has 0 amide bonds. The fourth-order valence-corrected chi connectivity index (χ4v) is 6.34. The molecule has 8 rings (SSSR count). The number of nitrogens with one attached hydrogen (secondary N) is 2. The second-order valence-corrected chi connectivity index (χ2v) is 12.5. The molecule has 0 spiro atoms. The number of aromatic amines is 2. The second kappa shape index (κ2) is 13.8. The third kappa shape index (κ3) is 6.44. The Morgan fingerprint density at radius 2 is 0.981 bits per heavy atom. The number of fused-ring (bicyclic) bond motifs is 2. The Bertz CT molecular complexity index is 2540. The number of hydrogen-bond donors (Lipinski definition) is 2. The molecule has 0 aliphatic carbocycles. The number of benzene rings is 2. The van der Waals surface area contributed by atoms with Crippen molar-refractivity contribution in [2.45, 2.75) is 41.5 Å². The van der Waals surface area contributed by atoms with Gasteiger partial charge in [0.25, 0.3) is 11.1 Å². The van der Waals surface area contributed by atoms with Gasteiger partial charge >= 0.3 is 0 Å². The number of hydrogen-bond acceptors (Lipinski definition) is 8. The molecule has 6 aromatic heterocycles. The molecular weight excluding hydrogens is 656 g/mol. The van der Waals surface area contributed by atoms with Crippen LogP contribution in [0, 0.1) is 41.5 Å². The highest BCUT2D eigenvalue weighted by Gasteiger charge is 2.15. The van der Waals surface area contributed by atoms with Crippen LogP contribution in [0.25, 0.3) is 33.3 Å². The summed E-state index contributed by atoms with van der Waals surface area (Å²) >= 11 is 0. The molecular formula is C40H36N8O4. The highest BCUT2D eigenvalue weighted by Crippen LogP contribution is 2.33. The summed E-state index contributed by atoms with van der Waals surface area (Å²) in [6.07, 6.45) is 11.1. The zero-order valence-corrected chi connectivity index (χ0v) is 29.6. The summed E-state index contributed by atoms with van der Waals surface area (Å²) in [6.45, 7) is 11.4. The van der Waals surface area contributed by atoms with Crippen LogP contribution in [0.15, 0.2) is 107 Å². The Morgan fingerprint density at radius 3 is 1.38 bits per heavy atom. The molecule has 8 aromatic rings. The smallest absolute Gasteiger partial charge is 0.267 e. The van der Waals surface area contributed by atoms with Gasteiger partial charge in [-0.25, -0.2) is 20.2 Å². The SMILES string of the molecule is Cc1cc(Oc2nccn3cccc23)ccc1-c1c(C)n[nH]c(=O)c1C.Cc1cc(Oc2nccn3cccc23)ccc1-c1c(C)n[nH]c(=O)c1C. The lowest BCUT2D eigenvalue weighted by atomic mass is 9.96. The normalized spacial score (nSPS) is 11.0. The maximum atomic E-state index is 11.9. The van der Waals surface area contributed by atoms with Gasteiger partial charge in [-0.15, -0.1) is 0 Å². The summed E-state index contributed by atoms with van der Waals surface area (Å²) in [4.78, 5) is 32.5. The molecule has 12 nitrogen and oxygen atoms in total. The third-order valence-corrected chi connectivity index (χ3v) is 9.00. The van der Waals surface area contributed by atoms with E-state index in [4.69, 9.17) is 9.47 Å². The topological polar surface area (TPSA) is 145 Å². The monoisotopic (exact) mass is 692 g/mol. The van der Waals surface area contributed by atoms with Crippen molar-refractivity contribution >= 4 is 11.0 Å². The predicted octanol–water partition coefficient (Wildman–Crippen LogP) is 7.60. The lowest BCUT2D eigenvalue weighted by Crippen LogP contribution is -2.14. The molecule has 52 heavy (non-hydrogen) atoms. The van der Waals surface area contributed by atoms with E-state index < -0.39 is 0 Å². The highest BCUT2D eigenvalue weighted by atomic mass is 16.5. The molecule has 0 bridgehead atoms. The van der Waals surface area contributed by atoms with Crippen LogP contribution in [-0.2, 0) is 0 Å². The van der Waals surface area contributed by atoms with Gasteiger partial charge in [0.1, 0.15) is 22.5 Å². The zero-order chi connectivity index (χ0) is 36.5. The Morgan fingerprint density at radius 1 is 0.558 bits per heavy atom. The maximum Gasteiger partial charge on any atom is 0.267 e. The Balaban J connectivity index is 0.000000162.